The van der Waals surface area contributed by atoms with E-state index in [-0.39, 0.29) is 52.9 Å². The predicted octanol–water partition coefficient (Wildman–Crippen LogP) is 10.8. The lowest BCUT2D eigenvalue weighted by molar-refractivity contribution is -0.362. The van der Waals surface area contributed by atoms with Crippen LogP contribution < -0.4 is 0 Å². The first-order chi connectivity index (χ1) is 37.3. The number of hydrogen-bond donors (Lipinski definition) is 0. The Morgan fingerprint density at radius 1 is 0.329 bits per heavy atom. The first-order valence-electron chi connectivity index (χ1n) is 25.7. The molecule has 0 aliphatic carbocycles. The van der Waals surface area contributed by atoms with E-state index in [0.29, 0.717) is 6.61 Å². The van der Waals surface area contributed by atoms with Crippen molar-refractivity contribution in [1.82, 2.24) is 0 Å². The third-order valence-electron chi connectivity index (χ3n) is 13.2. The van der Waals surface area contributed by atoms with E-state index in [4.69, 9.17) is 58.1 Å². The lowest BCUT2D eigenvalue weighted by atomic mass is 9.93. The van der Waals surface area contributed by atoms with Crippen molar-refractivity contribution < 1.29 is 55.8 Å². The van der Waals surface area contributed by atoms with Gasteiger partial charge >= 0.3 is 0 Å². The van der Waals surface area contributed by atoms with Gasteiger partial charge in [0.05, 0.1) is 65.2 Å². The number of hydrogen-bond acceptors (Lipinski definition) is 12. The zero-order chi connectivity index (χ0) is 52.2. The van der Waals surface area contributed by atoms with Gasteiger partial charge in [-0.3, -0.25) is 0 Å². The molecule has 0 saturated carbocycles. The molecule has 2 aliphatic heterocycles. The molecule has 9 rings (SSSR count). The van der Waals surface area contributed by atoms with E-state index < -0.39 is 76.0 Å². The molecule has 2 saturated heterocycles. The molecule has 2 aliphatic rings. The molecule has 14 heteroatoms. The van der Waals surface area contributed by atoms with Gasteiger partial charge in [0.15, 0.2) is 6.29 Å². The van der Waals surface area contributed by atoms with Gasteiger partial charge < -0.3 is 47.4 Å². The fourth-order valence-corrected chi connectivity index (χ4v) is 10.5. The molecule has 0 spiro atoms. The summed E-state index contributed by atoms with van der Waals surface area (Å²) in [7, 11) is 1.95. The minimum absolute atomic E-state index is 0.0440. The van der Waals surface area contributed by atoms with Crippen LogP contribution in [0.2, 0.25) is 0 Å². The van der Waals surface area contributed by atoms with Gasteiger partial charge in [0.1, 0.15) is 54.9 Å². The molecule has 398 valence electrons. The highest BCUT2D eigenvalue weighted by Gasteiger charge is 2.55. The number of rotatable bonds is 27. The highest BCUT2D eigenvalue weighted by atomic mass is 35.7. The quantitative estimate of drug-likeness (QED) is 0.0455. The Hall–Kier alpha value is -5.62. The van der Waals surface area contributed by atoms with Crippen LogP contribution in [0.15, 0.2) is 212 Å². The molecular formula is C62H65ClO12S. The minimum atomic E-state index is -4.17. The molecule has 4 unspecified atom stereocenters. The Kier molecular flexibility index (Phi) is 20.8. The van der Waals surface area contributed by atoms with Gasteiger partial charge in [0, 0.05) is 10.7 Å². The Bertz CT molecular complexity index is 2830. The van der Waals surface area contributed by atoms with E-state index in [2.05, 4.69) is 0 Å². The van der Waals surface area contributed by atoms with Gasteiger partial charge in [-0.15, -0.1) is 0 Å². The monoisotopic (exact) mass is 1070 g/mol. The second kappa shape index (κ2) is 28.7. The zero-order valence-corrected chi connectivity index (χ0v) is 43.8. The molecule has 2 heterocycles. The Morgan fingerprint density at radius 2 is 0.605 bits per heavy atom. The molecule has 0 N–H and O–H groups in total. The average molecular weight is 1070 g/mol. The van der Waals surface area contributed by atoms with Gasteiger partial charge in [-0.05, 0) is 38.9 Å². The van der Waals surface area contributed by atoms with Gasteiger partial charge in [-0.25, -0.2) is 8.42 Å². The highest BCUT2D eigenvalue weighted by Crippen LogP contribution is 2.37. The first-order valence-corrected chi connectivity index (χ1v) is 28.2. The summed E-state index contributed by atoms with van der Waals surface area (Å²) in [5, 5.41) is 0. The summed E-state index contributed by atoms with van der Waals surface area (Å²) in [5.41, 5.74) is 6.45. The summed E-state index contributed by atoms with van der Waals surface area (Å²) < 4.78 is 95.8. The third kappa shape index (κ3) is 16.7. The molecule has 0 amide bonds. The van der Waals surface area contributed by atoms with Crippen LogP contribution in [0.25, 0.3) is 0 Å². The standard InChI is InChI=1S/C62H65ClO12S/c63-76(64,65)45-55-57(69-39-49-28-14-4-15-29-49)59(70-40-50-30-16-5-17-31-50)58(54(73-55)44-67-37-47-24-10-2-11-25-47)75-62-61(72-42-52-34-20-7-21-35-52)60(71-41-51-32-18-6-19-33-51)56(68-38-48-26-12-3-13-27-48)53(74-62)43-66-36-46-22-8-1-9-23-46/h1-35,53-62H,36-45H2/t53?,54?,55?,56-,57-,58-,59+,60-,61+,62?/m1/s1. The zero-order valence-electron chi connectivity index (χ0n) is 42.2. The van der Waals surface area contributed by atoms with Crippen molar-refractivity contribution in [2.75, 3.05) is 19.0 Å². The van der Waals surface area contributed by atoms with Crippen LogP contribution in [0.5, 0.6) is 0 Å². The van der Waals surface area contributed by atoms with Crippen molar-refractivity contribution in [2.45, 2.75) is 107 Å². The van der Waals surface area contributed by atoms with Gasteiger partial charge in [0.25, 0.3) is 0 Å². The summed E-state index contributed by atoms with van der Waals surface area (Å²) >= 11 is 0. The number of halogens is 1. The first kappa shape index (κ1) is 55.1. The summed E-state index contributed by atoms with van der Waals surface area (Å²) in [5.74, 6) is -0.583. The minimum Gasteiger partial charge on any atom is -0.374 e. The highest BCUT2D eigenvalue weighted by molar-refractivity contribution is 8.13. The Morgan fingerprint density at radius 3 is 0.947 bits per heavy atom. The van der Waals surface area contributed by atoms with Crippen molar-refractivity contribution in [3.63, 3.8) is 0 Å². The topological polar surface area (TPSA) is 126 Å². The number of benzene rings is 7. The molecular weight excluding hydrogens is 1000 g/mol. The van der Waals surface area contributed by atoms with Crippen LogP contribution >= 0.6 is 10.7 Å². The maximum Gasteiger partial charge on any atom is 0.235 e. The smallest absolute Gasteiger partial charge is 0.235 e. The van der Waals surface area contributed by atoms with Gasteiger partial charge in [-0.1, -0.05) is 212 Å². The molecule has 0 bridgehead atoms. The van der Waals surface area contributed by atoms with Crippen molar-refractivity contribution in [3.05, 3.63) is 251 Å². The fraction of sp³-hybridized carbons (Fsp3) is 0.323. The lowest BCUT2D eigenvalue weighted by Crippen LogP contribution is -2.66. The maximum absolute atomic E-state index is 13.2. The second-order valence-electron chi connectivity index (χ2n) is 18.9. The van der Waals surface area contributed by atoms with Gasteiger partial charge in [0.2, 0.25) is 9.05 Å². The summed E-state index contributed by atoms with van der Waals surface area (Å²) in [6.45, 7) is 1.40. The van der Waals surface area contributed by atoms with Crippen LogP contribution in [0.1, 0.15) is 38.9 Å². The molecule has 0 aromatic heterocycles. The van der Waals surface area contributed by atoms with Crippen LogP contribution in [-0.2, 0) is 103 Å². The third-order valence-corrected chi connectivity index (χ3v) is 14.3. The van der Waals surface area contributed by atoms with E-state index in [9.17, 15) is 8.42 Å². The summed E-state index contributed by atoms with van der Waals surface area (Å²) in [4.78, 5) is 0. The summed E-state index contributed by atoms with van der Waals surface area (Å²) in [6, 6.07) is 68.7. The lowest BCUT2D eigenvalue weighted by Gasteiger charge is -2.50. The molecule has 2 fully saturated rings. The molecule has 12 nitrogen and oxygen atoms in total. The van der Waals surface area contributed by atoms with E-state index in [1.165, 1.54) is 0 Å². The van der Waals surface area contributed by atoms with Crippen LogP contribution in [0, 0.1) is 0 Å². The fourth-order valence-electron chi connectivity index (χ4n) is 9.42. The second-order valence-corrected chi connectivity index (χ2v) is 21.7. The largest absolute Gasteiger partial charge is 0.374 e. The van der Waals surface area contributed by atoms with Crippen molar-refractivity contribution in [3.8, 4) is 0 Å². The SMILES string of the molecule is O=S(=O)(Cl)CC1OC(COCc2ccccc2)[C@@H](OC2OC(COCc3ccccc3)[C@@H](OCc3ccccc3)[C@@H](OCc3ccccc3)[C@@H]2OCc2ccccc2)[C@@H](OCc2ccccc2)[C@@H]1OCc1ccccc1. The predicted molar refractivity (Wildman–Crippen MR) is 289 cm³/mol. The van der Waals surface area contributed by atoms with E-state index in [0.717, 1.165) is 38.9 Å². The van der Waals surface area contributed by atoms with E-state index in [1.54, 1.807) is 0 Å². The van der Waals surface area contributed by atoms with Crippen molar-refractivity contribution in [2.24, 2.45) is 0 Å². The Labute approximate surface area is 451 Å². The molecule has 7 aromatic carbocycles. The number of ether oxygens (including phenoxy) is 10. The molecule has 76 heavy (non-hydrogen) atoms. The van der Waals surface area contributed by atoms with E-state index in [1.807, 2.05) is 212 Å². The van der Waals surface area contributed by atoms with Crippen molar-refractivity contribution in [1.29, 1.82) is 0 Å². The average Bonchev–Trinajstić information content (AvgIpc) is 3.45. The molecule has 0 radical (unpaired) electrons. The van der Waals surface area contributed by atoms with Crippen molar-refractivity contribution >= 4 is 19.7 Å². The van der Waals surface area contributed by atoms with Crippen LogP contribution in [0.4, 0.5) is 0 Å². The Balaban J connectivity index is 1.13. The maximum atomic E-state index is 13.2. The van der Waals surface area contributed by atoms with Crippen LogP contribution in [0.3, 0.4) is 0 Å². The van der Waals surface area contributed by atoms with Gasteiger partial charge in [-0.2, -0.15) is 0 Å². The van der Waals surface area contributed by atoms with E-state index >= 15 is 0 Å². The van der Waals surface area contributed by atoms with Crippen LogP contribution in [-0.4, -0.2) is 88.6 Å². The normalized spacial score (nSPS) is 23.8. The summed E-state index contributed by atoms with van der Waals surface area (Å²) in [6.07, 6.45) is -9.71. The molecule has 10 atom stereocenters. The molecule has 7 aromatic rings.